The number of amides is 1. The zero-order chi connectivity index (χ0) is 9.26. The molecule has 1 fully saturated rings. The summed E-state index contributed by atoms with van der Waals surface area (Å²) in [4.78, 5) is 13.8. The van der Waals surface area contributed by atoms with Gasteiger partial charge in [0.1, 0.15) is 0 Å². The van der Waals surface area contributed by atoms with E-state index in [0.717, 1.165) is 19.5 Å². The van der Waals surface area contributed by atoms with Crippen LogP contribution in [-0.4, -0.2) is 23.9 Å². The molecule has 2 aliphatic rings. The topological polar surface area (TPSA) is 20.3 Å². The predicted molar refractivity (Wildman–Crippen MR) is 52.3 cm³/mol. The normalized spacial score (nSPS) is 23.8. The average Bonchev–Trinajstić information content (AvgIpc) is 2.51. The Bertz CT molecular complexity index is 240. The number of carbonyl (C=O) groups excluding carboxylic acids is 1. The van der Waals surface area contributed by atoms with Crippen molar-refractivity contribution in [3.8, 4) is 0 Å². The molecule has 1 unspecified atom stereocenters. The second kappa shape index (κ2) is 3.52. The van der Waals surface area contributed by atoms with Crippen molar-refractivity contribution in [3.63, 3.8) is 0 Å². The molecule has 1 aliphatic carbocycles. The van der Waals surface area contributed by atoms with Crippen molar-refractivity contribution in [1.29, 1.82) is 0 Å². The lowest BCUT2D eigenvalue weighted by Crippen LogP contribution is -2.44. The first-order chi connectivity index (χ1) is 6.29. The second-order valence-electron chi connectivity index (χ2n) is 4.07. The third kappa shape index (κ3) is 1.62. The maximum atomic E-state index is 11.8. The Morgan fingerprint density at radius 3 is 2.69 bits per heavy atom. The van der Waals surface area contributed by atoms with Gasteiger partial charge >= 0.3 is 0 Å². The minimum atomic E-state index is 0.155. The van der Waals surface area contributed by atoms with Crippen LogP contribution in [0.1, 0.15) is 32.6 Å². The van der Waals surface area contributed by atoms with Crippen molar-refractivity contribution in [2.45, 2.75) is 32.6 Å². The molecule has 0 aromatic carbocycles. The van der Waals surface area contributed by atoms with Gasteiger partial charge < -0.3 is 4.90 Å². The van der Waals surface area contributed by atoms with Gasteiger partial charge in [0.25, 0.3) is 0 Å². The number of hydrogen-bond donors (Lipinski definition) is 0. The highest BCUT2D eigenvalue weighted by atomic mass is 16.2. The number of allylic oxidation sites excluding steroid dienone is 1. The van der Waals surface area contributed by atoms with E-state index in [-0.39, 0.29) is 5.92 Å². The summed E-state index contributed by atoms with van der Waals surface area (Å²) in [6.07, 6.45) is 7.00. The van der Waals surface area contributed by atoms with E-state index in [1.807, 2.05) is 4.90 Å². The molecule has 2 rings (SSSR count). The molecule has 0 N–H and O–H groups in total. The zero-order valence-electron chi connectivity index (χ0n) is 8.25. The van der Waals surface area contributed by atoms with Crippen LogP contribution in [0.5, 0.6) is 0 Å². The number of carbonyl (C=O) groups is 1. The third-order valence-electron chi connectivity index (χ3n) is 3.17. The lowest BCUT2D eigenvalue weighted by Gasteiger charge is -2.33. The summed E-state index contributed by atoms with van der Waals surface area (Å²) in [5.41, 5.74) is 1.37. The zero-order valence-corrected chi connectivity index (χ0v) is 8.25. The summed E-state index contributed by atoms with van der Waals surface area (Å²) in [5.74, 6) is 0.502. The fourth-order valence-corrected chi connectivity index (χ4v) is 2.06. The van der Waals surface area contributed by atoms with Gasteiger partial charge in [-0.05, 0) is 32.6 Å². The van der Waals surface area contributed by atoms with Crippen LogP contribution < -0.4 is 0 Å². The fraction of sp³-hybridized carbons (Fsp3) is 0.727. The molecular formula is C11H17NO. The Morgan fingerprint density at radius 2 is 2.23 bits per heavy atom. The van der Waals surface area contributed by atoms with E-state index in [1.165, 1.54) is 24.8 Å². The van der Waals surface area contributed by atoms with E-state index in [0.29, 0.717) is 5.91 Å². The van der Waals surface area contributed by atoms with Gasteiger partial charge in [-0.3, -0.25) is 4.79 Å². The summed E-state index contributed by atoms with van der Waals surface area (Å²) in [5, 5.41) is 0. The molecule has 1 amide bonds. The summed E-state index contributed by atoms with van der Waals surface area (Å²) < 4.78 is 0. The lowest BCUT2D eigenvalue weighted by molar-refractivity contribution is -0.137. The van der Waals surface area contributed by atoms with Crippen LogP contribution in [0.2, 0.25) is 0 Å². The average molecular weight is 179 g/mol. The highest BCUT2D eigenvalue weighted by Gasteiger charge is 2.27. The fourth-order valence-electron chi connectivity index (χ4n) is 2.06. The number of hydrogen-bond acceptors (Lipinski definition) is 1. The molecule has 0 radical (unpaired) electrons. The van der Waals surface area contributed by atoms with Crippen LogP contribution in [0.4, 0.5) is 0 Å². The Balaban J connectivity index is 1.94. The van der Waals surface area contributed by atoms with Crippen molar-refractivity contribution in [2.75, 3.05) is 13.1 Å². The van der Waals surface area contributed by atoms with Crippen LogP contribution in [0.3, 0.4) is 0 Å². The third-order valence-corrected chi connectivity index (χ3v) is 3.17. The molecule has 13 heavy (non-hydrogen) atoms. The minimum Gasteiger partial charge on any atom is -0.342 e. The van der Waals surface area contributed by atoms with Gasteiger partial charge in [-0.1, -0.05) is 11.6 Å². The summed E-state index contributed by atoms with van der Waals surface area (Å²) in [6.45, 7) is 4.02. The monoisotopic (exact) mass is 179 g/mol. The Morgan fingerprint density at radius 1 is 1.46 bits per heavy atom. The highest BCUT2D eigenvalue weighted by molar-refractivity contribution is 5.82. The molecule has 1 heterocycles. The van der Waals surface area contributed by atoms with E-state index in [9.17, 15) is 4.79 Å². The molecular weight excluding hydrogens is 162 g/mol. The van der Waals surface area contributed by atoms with Crippen molar-refractivity contribution < 1.29 is 4.79 Å². The molecule has 2 nitrogen and oxygen atoms in total. The largest absolute Gasteiger partial charge is 0.342 e. The van der Waals surface area contributed by atoms with E-state index in [2.05, 4.69) is 13.0 Å². The van der Waals surface area contributed by atoms with E-state index < -0.39 is 0 Å². The van der Waals surface area contributed by atoms with Crippen molar-refractivity contribution in [2.24, 2.45) is 5.92 Å². The molecule has 72 valence electrons. The Hall–Kier alpha value is -0.790. The summed E-state index contributed by atoms with van der Waals surface area (Å²) in [7, 11) is 0. The first-order valence-electron chi connectivity index (χ1n) is 5.27. The highest BCUT2D eigenvalue weighted by Crippen LogP contribution is 2.27. The van der Waals surface area contributed by atoms with Gasteiger partial charge in [-0.2, -0.15) is 0 Å². The van der Waals surface area contributed by atoms with Crippen LogP contribution in [-0.2, 0) is 4.79 Å². The lowest BCUT2D eigenvalue weighted by atomic mass is 9.97. The smallest absolute Gasteiger partial charge is 0.229 e. The number of rotatable bonds is 2. The van der Waals surface area contributed by atoms with Crippen LogP contribution in [0, 0.1) is 5.92 Å². The van der Waals surface area contributed by atoms with Gasteiger partial charge in [0.15, 0.2) is 0 Å². The van der Waals surface area contributed by atoms with Crippen molar-refractivity contribution in [1.82, 2.24) is 4.90 Å². The summed E-state index contributed by atoms with van der Waals surface area (Å²) in [6, 6.07) is 0. The Kier molecular flexibility index (Phi) is 2.38. The molecule has 1 aliphatic heterocycles. The second-order valence-corrected chi connectivity index (χ2v) is 4.07. The molecule has 0 saturated carbocycles. The molecule has 1 atom stereocenters. The van der Waals surface area contributed by atoms with Crippen LogP contribution in [0.25, 0.3) is 0 Å². The van der Waals surface area contributed by atoms with Gasteiger partial charge in [0.2, 0.25) is 5.91 Å². The first kappa shape index (κ1) is 8.79. The van der Waals surface area contributed by atoms with E-state index in [1.54, 1.807) is 0 Å². The first-order valence-corrected chi connectivity index (χ1v) is 5.27. The van der Waals surface area contributed by atoms with E-state index >= 15 is 0 Å². The number of nitrogens with zero attached hydrogens (tertiary/aromatic N) is 1. The van der Waals surface area contributed by atoms with Crippen molar-refractivity contribution in [3.05, 3.63) is 11.6 Å². The predicted octanol–water partition coefficient (Wildman–Crippen LogP) is 1.97. The van der Waals surface area contributed by atoms with Gasteiger partial charge in [0.05, 0.1) is 5.92 Å². The molecule has 0 aromatic heterocycles. The molecule has 0 aromatic rings. The van der Waals surface area contributed by atoms with Gasteiger partial charge in [0, 0.05) is 13.1 Å². The van der Waals surface area contributed by atoms with Crippen LogP contribution in [0.15, 0.2) is 11.6 Å². The van der Waals surface area contributed by atoms with Crippen molar-refractivity contribution >= 4 is 5.91 Å². The molecule has 2 heteroatoms. The standard InChI is InChI=1S/C11H17NO/c1-9(10-5-2-3-6-10)11(13)12-7-4-8-12/h5,9H,2-4,6-8H2,1H3. The molecule has 1 saturated heterocycles. The van der Waals surface area contributed by atoms with E-state index in [4.69, 9.17) is 0 Å². The summed E-state index contributed by atoms with van der Waals surface area (Å²) >= 11 is 0. The Labute approximate surface area is 79.6 Å². The minimum absolute atomic E-state index is 0.155. The van der Waals surface area contributed by atoms with Gasteiger partial charge in [-0.15, -0.1) is 0 Å². The van der Waals surface area contributed by atoms with Gasteiger partial charge in [-0.25, -0.2) is 0 Å². The SMILES string of the molecule is CC(C(=O)N1CCC1)C1=CCCC1. The molecule has 0 spiro atoms. The molecule has 0 bridgehead atoms. The quantitative estimate of drug-likeness (QED) is 0.593. The maximum Gasteiger partial charge on any atom is 0.229 e. The number of likely N-dealkylation sites (tertiary alicyclic amines) is 1. The van der Waals surface area contributed by atoms with Crippen LogP contribution >= 0.6 is 0 Å². The maximum absolute atomic E-state index is 11.8.